The maximum atomic E-state index is 12.5. The number of carbonyl (C=O) groups excluding carboxylic acids is 2. The summed E-state index contributed by atoms with van der Waals surface area (Å²) in [5, 5.41) is 5.74. The fourth-order valence-corrected chi connectivity index (χ4v) is 3.20. The van der Waals surface area contributed by atoms with Crippen LogP contribution in [0.5, 0.6) is 11.5 Å². The number of aromatic nitrogens is 1. The third-order valence-electron chi connectivity index (χ3n) is 4.71. The summed E-state index contributed by atoms with van der Waals surface area (Å²) in [7, 11) is 0. The third-order valence-corrected chi connectivity index (χ3v) is 4.71. The molecule has 4 rings (SSSR count). The van der Waals surface area contributed by atoms with Gasteiger partial charge in [0.15, 0.2) is 11.5 Å². The minimum Gasteiger partial charge on any atom is -0.454 e. The number of anilines is 2. The molecule has 140 valence electrons. The number of amides is 3. The Bertz CT molecular complexity index is 835. The summed E-state index contributed by atoms with van der Waals surface area (Å²) in [6, 6.07) is 8.72. The molecule has 8 heteroatoms. The molecular weight excluding hydrogens is 348 g/mol. The number of hydrogen-bond donors (Lipinski definition) is 2. The summed E-state index contributed by atoms with van der Waals surface area (Å²) >= 11 is 0. The number of urea groups is 1. The van der Waals surface area contributed by atoms with E-state index in [0.29, 0.717) is 48.8 Å². The number of nitrogens with zero attached hydrogens (tertiary/aromatic N) is 2. The standard InChI is InChI=1S/C19H20N4O4/c24-18(21-14-3-4-16-17(10-14)27-12-26-16)13-5-8-23(9-6-13)19(25)22-15-2-1-7-20-11-15/h1-4,7,10-11,13H,5-6,8-9,12H2,(H,21,24)(H,22,25). The van der Waals surface area contributed by atoms with Gasteiger partial charge in [0.1, 0.15) is 0 Å². The van der Waals surface area contributed by atoms with Crippen molar-refractivity contribution in [2.45, 2.75) is 12.8 Å². The molecule has 27 heavy (non-hydrogen) atoms. The fraction of sp³-hybridized carbons (Fsp3) is 0.316. The lowest BCUT2D eigenvalue weighted by molar-refractivity contribution is -0.121. The van der Waals surface area contributed by atoms with Crippen LogP contribution in [0.4, 0.5) is 16.2 Å². The molecule has 1 fully saturated rings. The van der Waals surface area contributed by atoms with Crippen LogP contribution < -0.4 is 20.1 Å². The summed E-state index contributed by atoms with van der Waals surface area (Å²) < 4.78 is 10.6. The van der Waals surface area contributed by atoms with Gasteiger partial charge in [-0.05, 0) is 37.1 Å². The van der Waals surface area contributed by atoms with Crippen LogP contribution in [0.25, 0.3) is 0 Å². The van der Waals surface area contributed by atoms with E-state index in [9.17, 15) is 9.59 Å². The number of fused-ring (bicyclic) bond motifs is 1. The van der Waals surface area contributed by atoms with Gasteiger partial charge in [0, 0.05) is 37.0 Å². The number of benzene rings is 1. The SMILES string of the molecule is O=C(Nc1ccc2c(c1)OCO2)C1CCN(C(=O)Nc2cccnc2)CC1. The Hall–Kier alpha value is -3.29. The summed E-state index contributed by atoms with van der Waals surface area (Å²) in [6.45, 7) is 1.27. The molecular formula is C19H20N4O4. The Kier molecular flexibility index (Phi) is 4.78. The van der Waals surface area contributed by atoms with Gasteiger partial charge in [0.05, 0.1) is 11.9 Å². The van der Waals surface area contributed by atoms with Gasteiger partial charge in [-0.2, -0.15) is 0 Å². The second kappa shape index (κ2) is 7.53. The number of piperidine rings is 1. The molecule has 0 spiro atoms. The van der Waals surface area contributed by atoms with Crippen molar-refractivity contribution in [3.63, 3.8) is 0 Å². The Balaban J connectivity index is 1.28. The molecule has 0 aliphatic carbocycles. The first kappa shape index (κ1) is 17.1. The lowest BCUT2D eigenvalue weighted by Crippen LogP contribution is -2.43. The molecule has 0 saturated carbocycles. The molecule has 2 aliphatic rings. The smallest absolute Gasteiger partial charge is 0.321 e. The second-order valence-electron chi connectivity index (χ2n) is 6.49. The van der Waals surface area contributed by atoms with E-state index in [1.54, 1.807) is 47.6 Å². The zero-order valence-corrected chi connectivity index (χ0v) is 14.7. The average molecular weight is 368 g/mol. The van der Waals surface area contributed by atoms with Crippen molar-refractivity contribution >= 4 is 23.3 Å². The molecule has 8 nitrogen and oxygen atoms in total. The van der Waals surface area contributed by atoms with Crippen molar-refractivity contribution in [2.75, 3.05) is 30.5 Å². The van der Waals surface area contributed by atoms with Crippen molar-refractivity contribution in [1.82, 2.24) is 9.88 Å². The van der Waals surface area contributed by atoms with Gasteiger partial charge < -0.3 is 25.0 Å². The molecule has 3 heterocycles. The summed E-state index contributed by atoms with van der Waals surface area (Å²) in [4.78, 5) is 30.5. The molecule has 0 atom stereocenters. The molecule has 0 unspecified atom stereocenters. The van der Waals surface area contributed by atoms with Crippen LogP contribution in [-0.2, 0) is 4.79 Å². The fourth-order valence-electron chi connectivity index (χ4n) is 3.20. The number of nitrogens with one attached hydrogen (secondary N) is 2. The van der Waals surface area contributed by atoms with Crippen molar-refractivity contribution in [2.24, 2.45) is 5.92 Å². The molecule has 3 amide bonds. The maximum Gasteiger partial charge on any atom is 0.321 e. The first-order valence-corrected chi connectivity index (χ1v) is 8.85. The molecule has 2 aromatic rings. The Morgan fingerprint density at radius 1 is 1.04 bits per heavy atom. The Morgan fingerprint density at radius 3 is 2.63 bits per heavy atom. The van der Waals surface area contributed by atoms with Gasteiger partial charge in [-0.15, -0.1) is 0 Å². The van der Waals surface area contributed by atoms with Gasteiger partial charge >= 0.3 is 6.03 Å². The molecule has 2 N–H and O–H groups in total. The molecule has 0 radical (unpaired) electrons. The van der Waals surface area contributed by atoms with Crippen LogP contribution >= 0.6 is 0 Å². The number of carbonyl (C=O) groups is 2. The van der Waals surface area contributed by atoms with E-state index < -0.39 is 0 Å². The van der Waals surface area contributed by atoms with Gasteiger partial charge in [-0.3, -0.25) is 9.78 Å². The molecule has 1 aromatic carbocycles. The predicted molar refractivity (Wildman–Crippen MR) is 98.7 cm³/mol. The Morgan fingerprint density at radius 2 is 1.85 bits per heavy atom. The van der Waals surface area contributed by atoms with Crippen molar-refractivity contribution < 1.29 is 19.1 Å². The summed E-state index contributed by atoms with van der Waals surface area (Å²) in [6.07, 6.45) is 4.50. The highest BCUT2D eigenvalue weighted by molar-refractivity contribution is 5.93. The highest BCUT2D eigenvalue weighted by Gasteiger charge is 2.27. The van der Waals surface area contributed by atoms with Gasteiger partial charge in [0.25, 0.3) is 0 Å². The largest absolute Gasteiger partial charge is 0.454 e. The van der Waals surface area contributed by atoms with Crippen LogP contribution in [0.1, 0.15) is 12.8 Å². The van der Waals surface area contributed by atoms with E-state index in [1.807, 2.05) is 0 Å². The minimum absolute atomic E-state index is 0.0406. The van der Waals surface area contributed by atoms with Gasteiger partial charge in [-0.25, -0.2) is 4.79 Å². The van der Waals surface area contributed by atoms with E-state index >= 15 is 0 Å². The quantitative estimate of drug-likeness (QED) is 0.869. The Labute approximate surface area is 156 Å². The monoisotopic (exact) mass is 368 g/mol. The molecule has 2 aliphatic heterocycles. The average Bonchev–Trinajstić information content (AvgIpc) is 3.16. The molecule has 1 aromatic heterocycles. The molecule has 1 saturated heterocycles. The number of hydrogen-bond acceptors (Lipinski definition) is 5. The van der Waals surface area contributed by atoms with Crippen LogP contribution in [0.3, 0.4) is 0 Å². The van der Waals surface area contributed by atoms with E-state index in [-0.39, 0.29) is 24.6 Å². The first-order chi connectivity index (χ1) is 13.2. The topological polar surface area (TPSA) is 92.8 Å². The minimum atomic E-state index is -0.169. The van der Waals surface area contributed by atoms with Crippen LogP contribution in [0, 0.1) is 5.92 Å². The summed E-state index contributed by atoms with van der Waals surface area (Å²) in [5.74, 6) is 1.15. The number of pyridine rings is 1. The van der Waals surface area contributed by atoms with Crippen molar-refractivity contribution in [3.05, 3.63) is 42.7 Å². The second-order valence-corrected chi connectivity index (χ2v) is 6.49. The maximum absolute atomic E-state index is 12.5. The first-order valence-electron chi connectivity index (χ1n) is 8.85. The van der Waals surface area contributed by atoms with E-state index in [1.165, 1.54) is 0 Å². The van der Waals surface area contributed by atoms with Gasteiger partial charge in [-0.1, -0.05) is 0 Å². The predicted octanol–water partition coefficient (Wildman–Crippen LogP) is 2.69. The van der Waals surface area contributed by atoms with E-state index in [0.717, 1.165) is 0 Å². The zero-order chi connectivity index (χ0) is 18.6. The lowest BCUT2D eigenvalue weighted by Gasteiger charge is -2.31. The number of rotatable bonds is 3. The van der Waals surface area contributed by atoms with Crippen LogP contribution in [0.2, 0.25) is 0 Å². The van der Waals surface area contributed by atoms with Crippen molar-refractivity contribution in [3.8, 4) is 11.5 Å². The highest BCUT2D eigenvalue weighted by atomic mass is 16.7. The third kappa shape index (κ3) is 3.94. The van der Waals surface area contributed by atoms with E-state index in [4.69, 9.17) is 9.47 Å². The van der Waals surface area contributed by atoms with Crippen molar-refractivity contribution in [1.29, 1.82) is 0 Å². The number of ether oxygens (including phenoxy) is 2. The van der Waals surface area contributed by atoms with Gasteiger partial charge in [0.2, 0.25) is 12.7 Å². The lowest BCUT2D eigenvalue weighted by atomic mass is 9.96. The zero-order valence-electron chi connectivity index (χ0n) is 14.7. The van der Waals surface area contributed by atoms with E-state index in [2.05, 4.69) is 15.6 Å². The number of likely N-dealkylation sites (tertiary alicyclic amines) is 1. The summed E-state index contributed by atoms with van der Waals surface area (Å²) in [5.41, 5.74) is 1.34. The van der Waals surface area contributed by atoms with Crippen LogP contribution in [0.15, 0.2) is 42.7 Å². The normalized spacial score (nSPS) is 16.1. The highest BCUT2D eigenvalue weighted by Crippen LogP contribution is 2.34. The van der Waals surface area contributed by atoms with Crippen LogP contribution in [-0.4, -0.2) is 41.7 Å². The molecule has 0 bridgehead atoms.